The Balaban J connectivity index is 1.69. The lowest BCUT2D eigenvalue weighted by Crippen LogP contribution is -2.29. The fraction of sp³-hybridized carbons (Fsp3) is 0.207. The molecule has 0 radical (unpaired) electrons. The summed E-state index contributed by atoms with van der Waals surface area (Å²) in [6.07, 6.45) is 0. The first-order valence-electron chi connectivity index (χ1n) is 12.1. The largest absolute Gasteiger partial charge is 0.507 e. The number of aliphatic hydroxyl groups is 1. The Kier molecular flexibility index (Phi) is 6.50. The summed E-state index contributed by atoms with van der Waals surface area (Å²) in [7, 11) is 3.45. The molecule has 2 heterocycles. The minimum Gasteiger partial charge on any atom is -0.507 e. The molecule has 0 aromatic heterocycles. The number of fused-ring (bicyclic) bond motifs is 1. The van der Waals surface area contributed by atoms with Crippen molar-refractivity contribution in [3.05, 3.63) is 83.4 Å². The third-order valence-corrected chi connectivity index (χ3v) is 6.63. The van der Waals surface area contributed by atoms with Gasteiger partial charge in [-0.15, -0.1) is 0 Å². The van der Waals surface area contributed by atoms with Crippen LogP contribution in [0.2, 0.25) is 0 Å². The van der Waals surface area contributed by atoms with Crippen LogP contribution in [-0.2, 0) is 14.4 Å². The van der Waals surface area contributed by atoms with E-state index in [2.05, 4.69) is 5.32 Å². The molecule has 0 bridgehead atoms. The highest BCUT2D eigenvalue weighted by Crippen LogP contribution is 2.44. The molecule has 5 rings (SSSR count). The van der Waals surface area contributed by atoms with Gasteiger partial charge in [0.15, 0.2) is 0 Å². The molecule has 3 aromatic carbocycles. The Morgan fingerprint density at radius 2 is 1.87 bits per heavy atom. The van der Waals surface area contributed by atoms with Gasteiger partial charge >= 0.3 is 0 Å². The fourth-order valence-corrected chi connectivity index (χ4v) is 4.82. The van der Waals surface area contributed by atoms with E-state index in [1.54, 1.807) is 66.7 Å². The van der Waals surface area contributed by atoms with Crippen LogP contribution in [-0.4, -0.2) is 50.0 Å². The number of anilines is 3. The predicted octanol–water partition coefficient (Wildman–Crippen LogP) is 4.11. The highest BCUT2D eigenvalue weighted by molar-refractivity contribution is 6.51. The van der Waals surface area contributed by atoms with Crippen LogP contribution in [0.15, 0.2) is 72.3 Å². The number of amides is 2. The second-order valence-corrected chi connectivity index (χ2v) is 9.13. The number of rotatable bonds is 5. The zero-order chi connectivity index (χ0) is 27.0. The normalized spacial score (nSPS) is 18.1. The number of carbonyl (C=O) groups is 3. The molecular weight excluding hydrogens is 486 g/mol. The molecule has 0 aliphatic carbocycles. The molecule has 9 heteroatoms. The Morgan fingerprint density at radius 1 is 1.08 bits per heavy atom. The number of aliphatic hydroxyl groups excluding tert-OH is 1. The van der Waals surface area contributed by atoms with E-state index in [4.69, 9.17) is 9.47 Å². The van der Waals surface area contributed by atoms with Crippen molar-refractivity contribution < 1.29 is 29.0 Å². The van der Waals surface area contributed by atoms with Gasteiger partial charge in [0.25, 0.3) is 11.7 Å². The van der Waals surface area contributed by atoms with Crippen molar-refractivity contribution in [2.75, 3.05) is 42.4 Å². The zero-order valence-electron chi connectivity index (χ0n) is 21.2. The number of methoxy groups -OCH3 is 1. The molecule has 1 saturated heterocycles. The van der Waals surface area contributed by atoms with E-state index in [1.165, 1.54) is 18.9 Å². The molecular formula is C29H27N3O6. The Morgan fingerprint density at radius 3 is 2.63 bits per heavy atom. The number of Topliss-reactive ketones (excluding diaryl/α,β-unsaturated/α-hetero) is 1. The van der Waals surface area contributed by atoms with Gasteiger partial charge in [0.2, 0.25) is 5.91 Å². The van der Waals surface area contributed by atoms with Crippen LogP contribution >= 0.6 is 0 Å². The van der Waals surface area contributed by atoms with Crippen molar-refractivity contribution in [1.29, 1.82) is 0 Å². The van der Waals surface area contributed by atoms with E-state index in [1.807, 2.05) is 11.9 Å². The predicted molar refractivity (Wildman–Crippen MR) is 144 cm³/mol. The second kappa shape index (κ2) is 9.93. The summed E-state index contributed by atoms with van der Waals surface area (Å²) in [5, 5.41) is 14.2. The summed E-state index contributed by atoms with van der Waals surface area (Å²) >= 11 is 0. The summed E-state index contributed by atoms with van der Waals surface area (Å²) in [6.45, 7) is 2.61. The van der Waals surface area contributed by atoms with E-state index >= 15 is 0 Å². The van der Waals surface area contributed by atoms with Gasteiger partial charge in [0.1, 0.15) is 23.9 Å². The van der Waals surface area contributed by atoms with Gasteiger partial charge in [-0.05, 0) is 54.1 Å². The van der Waals surface area contributed by atoms with Gasteiger partial charge in [-0.1, -0.05) is 18.2 Å². The lowest BCUT2D eigenvalue weighted by molar-refractivity contribution is -0.132. The first-order valence-corrected chi connectivity index (χ1v) is 12.1. The lowest BCUT2D eigenvalue weighted by atomic mass is 9.94. The maximum absolute atomic E-state index is 13.5. The average Bonchev–Trinajstić information content (AvgIpc) is 3.18. The van der Waals surface area contributed by atoms with Crippen LogP contribution in [0.4, 0.5) is 17.1 Å². The lowest BCUT2D eigenvalue weighted by Gasteiger charge is -2.28. The highest BCUT2D eigenvalue weighted by Gasteiger charge is 2.47. The summed E-state index contributed by atoms with van der Waals surface area (Å²) in [5.74, 6) is -0.962. The third kappa shape index (κ3) is 4.43. The molecule has 1 unspecified atom stereocenters. The number of ether oxygens (including phenoxy) is 2. The summed E-state index contributed by atoms with van der Waals surface area (Å²) in [5.41, 5.74) is 2.55. The zero-order valence-corrected chi connectivity index (χ0v) is 21.2. The SMILES string of the molecule is COc1cccc(C2/C(=C(/O)c3ccc4c(c3)N(C)CCO4)C(=O)C(=O)N2c2cccc(NC(C)=O)c2)c1. The third-order valence-electron chi connectivity index (χ3n) is 6.63. The molecule has 2 aliphatic rings. The molecule has 2 N–H and O–H groups in total. The van der Waals surface area contributed by atoms with Crippen molar-refractivity contribution in [3.63, 3.8) is 0 Å². The monoisotopic (exact) mass is 513 g/mol. The average molecular weight is 514 g/mol. The van der Waals surface area contributed by atoms with Crippen LogP contribution < -0.4 is 24.6 Å². The van der Waals surface area contributed by atoms with E-state index < -0.39 is 17.7 Å². The quantitative estimate of drug-likeness (QED) is 0.300. The van der Waals surface area contributed by atoms with Crippen molar-refractivity contribution >= 4 is 40.4 Å². The topological polar surface area (TPSA) is 108 Å². The van der Waals surface area contributed by atoms with Crippen molar-refractivity contribution in [1.82, 2.24) is 0 Å². The molecule has 2 aliphatic heterocycles. The van der Waals surface area contributed by atoms with Crippen LogP contribution in [0, 0.1) is 0 Å². The number of benzene rings is 3. The van der Waals surface area contributed by atoms with E-state index in [-0.39, 0.29) is 17.2 Å². The molecule has 38 heavy (non-hydrogen) atoms. The van der Waals surface area contributed by atoms with Gasteiger partial charge in [-0.2, -0.15) is 0 Å². The first kappa shape index (κ1) is 24.9. The number of nitrogens with zero attached hydrogens (tertiary/aromatic N) is 2. The summed E-state index contributed by atoms with van der Waals surface area (Å²) < 4.78 is 11.1. The van der Waals surface area contributed by atoms with Gasteiger partial charge in [0, 0.05) is 30.9 Å². The number of nitrogens with one attached hydrogen (secondary N) is 1. The minimum atomic E-state index is -0.942. The smallest absolute Gasteiger partial charge is 0.300 e. The highest BCUT2D eigenvalue weighted by atomic mass is 16.5. The van der Waals surface area contributed by atoms with Crippen LogP contribution in [0.3, 0.4) is 0 Å². The maximum Gasteiger partial charge on any atom is 0.300 e. The Hall–Kier alpha value is -4.79. The number of carbonyl (C=O) groups excluding carboxylic acids is 3. The Bertz CT molecular complexity index is 1480. The molecule has 194 valence electrons. The molecule has 1 atom stereocenters. The Labute approximate surface area is 219 Å². The van der Waals surface area contributed by atoms with Gasteiger partial charge < -0.3 is 24.8 Å². The van der Waals surface area contributed by atoms with Gasteiger partial charge in [-0.25, -0.2) is 0 Å². The maximum atomic E-state index is 13.5. The summed E-state index contributed by atoms with van der Waals surface area (Å²) in [6, 6.07) is 17.9. The number of ketones is 1. The minimum absolute atomic E-state index is 0.0486. The number of hydrogen-bond donors (Lipinski definition) is 2. The summed E-state index contributed by atoms with van der Waals surface area (Å²) in [4.78, 5) is 42.0. The van der Waals surface area contributed by atoms with Crippen molar-refractivity contribution in [3.8, 4) is 11.5 Å². The molecule has 0 saturated carbocycles. The van der Waals surface area contributed by atoms with Crippen LogP contribution in [0.5, 0.6) is 11.5 Å². The second-order valence-electron chi connectivity index (χ2n) is 9.13. The van der Waals surface area contributed by atoms with E-state index in [0.29, 0.717) is 47.2 Å². The number of hydrogen-bond acceptors (Lipinski definition) is 7. The number of likely N-dealkylation sites (N-methyl/N-ethyl adjacent to an activating group) is 1. The van der Waals surface area contributed by atoms with E-state index in [0.717, 1.165) is 5.69 Å². The molecule has 3 aromatic rings. The molecule has 0 spiro atoms. The molecule has 2 amide bonds. The standard InChI is InChI=1S/C29H27N3O6/c1-17(33)30-20-7-5-8-21(16-20)32-26(18-6-4-9-22(14-18)37-3)25(28(35)29(32)36)27(34)19-10-11-24-23(15-19)31(2)12-13-38-24/h4-11,14-16,26,34H,12-13H2,1-3H3,(H,30,33)/b27-25-. The molecule has 1 fully saturated rings. The van der Waals surface area contributed by atoms with Gasteiger partial charge in [0.05, 0.1) is 31.0 Å². The van der Waals surface area contributed by atoms with Crippen molar-refractivity contribution in [2.24, 2.45) is 0 Å². The van der Waals surface area contributed by atoms with Crippen LogP contribution in [0.25, 0.3) is 5.76 Å². The first-order chi connectivity index (χ1) is 18.3. The molecule has 9 nitrogen and oxygen atoms in total. The van der Waals surface area contributed by atoms with Gasteiger partial charge in [-0.3, -0.25) is 19.3 Å². The van der Waals surface area contributed by atoms with E-state index in [9.17, 15) is 19.5 Å². The van der Waals surface area contributed by atoms with Crippen molar-refractivity contribution in [2.45, 2.75) is 13.0 Å². The van der Waals surface area contributed by atoms with Crippen LogP contribution in [0.1, 0.15) is 24.1 Å². The fourth-order valence-electron chi connectivity index (χ4n) is 4.82.